The zero-order valence-electron chi connectivity index (χ0n) is 7.20. The number of nitrogens with zero attached hydrogens (tertiary/aromatic N) is 1. The number of hydrogen-bond donors (Lipinski definition) is 1. The van der Waals surface area contributed by atoms with Crippen LogP contribution < -0.4 is 0 Å². The zero-order valence-corrected chi connectivity index (χ0v) is 7.95. The number of halogens is 1. The lowest BCUT2D eigenvalue weighted by atomic mass is 10.0. The molecule has 0 aliphatic carbocycles. The minimum atomic E-state index is -0.812. The van der Waals surface area contributed by atoms with Gasteiger partial charge in [0.15, 0.2) is 0 Å². The zero-order chi connectivity index (χ0) is 9.84. The third-order valence-electron chi connectivity index (χ3n) is 1.80. The van der Waals surface area contributed by atoms with E-state index in [9.17, 15) is 4.79 Å². The Morgan fingerprint density at radius 1 is 1.77 bits per heavy atom. The van der Waals surface area contributed by atoms with Crippen molar-refractivity contribution in [2.45, 2.75) is 13.3 Å². The second-order valence-corrected chi connectivity index (χ2v) is 3.32. The van der Waals surface area contributed by atoms with Gasteiger partial charge in [-0.1, -0.05) is 18.5 Å². The molecule has 0 aromatic carbocycles. The summed E-state index contributed by atoms with van der Waals surface area (Å²) >= 11 is 5.82. The van der Waals surface area contributed by atoms with Crippen LogP contribution in [0.1, 0.15) is 12.5 Å². The molecular formula is C9H10ClNO2. The summed E-state index contributed by atoms with van der Waals surface area (Å²) in [6.07, 6.45) is 3.57. The van der Waals surface area contributed by atoms with Crippen LogP contribution in [0.3, 0.4) is 0 Å². The highest BCUT2D eigenvalue weighted by atomic mass is 35.5. The fourth-order valence-corrected chi connectivity index (χ4v) is 1.18. The van der Waals surface area contributed by atoms with Gasteiger partial charge in [0, 0.05) is 12.4 Å². The van der Waals surface area contributed by atoms with E-state index in [-0.39, 0.29) is 0 Å². The molecule has 1 heterocycles. The lowest BCUT2D eigenvalue weighted by molar-refractivity contribution is -0.141. The molecule has 1 atom stereocenters. The van der Waals surface area contributed by atoms with Crippen LogP contribution in [0.25, 0.3) is 0 Å². The fraction of sp³-hybridized carbons (Fsp3) is 0.333. The fourth-order valence-electron chi connectivity index (χ4n) is 0.987. The van der Waals surface area contributed by atoms with Crippen molar-refractivity contribution in [1.82, 2.24) is 4.98 Å². The molecule has 4 heteroatoms. The van der Waals surface area contributed by atoms with E-state index in [2.05, 4.69) is 4.98 Å². The minimum Gasteiger partial charge on any atom is -0.481 e. The monoisotopic (exact) mass is 199 g/mol. The first-order valence-corrected chi connectivity index (χ1v) is 4.30. The highest BCUT2D eigenvalue weighted by molar-refractivity contribution is 6.31. The van der Waals surface area contributed by atoms with Crippen molar-refractivity contribution in [3.63, 3.8) is 0 Å². The molecule has 0 fully saturated rings. The number of carboxylic acid groups (broad SMARTS) is 1. The van der Waals surface area contributed by atoms with Crippen LogP contribution in [-0.2, 0) is 11.2 Å². The second-order valence-electron chi connectivity index (χ2n) is 2.91. The Morgan fingerprint density at radius 3 is 3.00 bits per heavy atom. The smallest absolute Gasteiger partial charge is 0.306 e. The largest absolute Gasteiger partial charge is 0.481 e. The molecule has 1 unspecified atom stereocenters. The van der Waals surface area contributed by atoms with E-state index in [1.165, 1.54) is 6.20 Å². The highest BCUT2D eigenvalue weighted by Gasteiger charge is 2.12. The van der Waals surface area contributed by atoms with Gasteiger partial charge in [0.25, 0.3) is 0 Å². The maximum atomic E-state index is 10.6. The van der Waals surface area contributed by atoms with E-state index in [1.54, 1.807) is 19.2 Å². The molecule has 13 heavy (non-hydrogen) atoms. The summed E-state index contributed by atoms with van der Waals surface area (Å²) in [5.74, 6) is -1.23. The van der Waals surface area contributed by atoms with E-state index >= 15 is 0 Å². The molecule has 0 spiro atoms. The van der Waals surface area contributed by atoms with Gasteiger partial charge in [0.05, 0.1) is 10.9 Å². The summed E-state index contributed by atoms with van der Waals surface area (Å²) in [4.78, 5) is 14.4. The van der Waals surface area contributed by atoms with Crippen molar-refractivity contribution >= 4 is 17.6 Å². The molecular weight excluding hydrogens is 190 g/mol. The highest BCUT2D eigenvalue weighted by Crippen LogP contribution is 2.17. The number of aromatic nitrogens is 1. The van der Waals surface area contributed by atoms with Crippen molar-refractivity contribution in [2.75, 3.05) is 0 Å². The Hall–Kier alpha value is -1.09. The minimum absolute atomic E-state index is 0.417. The molecule has 1 N–H and O–H groups in total. The number of carbonyl (C=O) groups is 1. The van der Waals surface area contributed by atoms with Gasteiger partial charge in [-0.3, -0.25) is 9.78 Å². The Balaban J connectivity index is 2.74. The molecule has 0 saturated heterocycles. The third-order valence-corrected chi connectivity index (χ3v) is 2.14. The first-order chi connectivity index (χ1) is 6.11. The summed E-state index contributed by atoms with van der Waals surface area (Å²) in [5, 5.41) is 9.20. The van der Waals surface area contributed by atoms with Crippen molar-refractivity contribution in [3.8, 4) is 0 Å². The number of pyridine rings is 1. The summed E-state index contributed by atoms with van der Waals surface area (Å²) in [7, 11) is 0. The number of carboxylic acids is 1. The van der Waals surface area contributed by atoms with Gasteiger partial charge >= 0.3 is 5.97 Å². The lowest BCUT2D eigenvalue weighted by Crippen LogP contribution is -2.12. The standard InChI is InChI=1S/C9H10ClNO2/c1-6(9(12)13)4-7-2-3-11-5-8(7)10/h2-3,5-6H,4H2,1H3,(H,12,13). The molecule has 1 aromatic rings. The first kappa shape index (κ1) is 9.99. The van der Waals surface area contributed by atoms with Crippen molar-refractivity contribution in [3.05, 3.63) is 29.0 Å². The van der Waals surface area contributed by atoms with Crippen molar-refractivity contribution in [1.29, 1.82) is 0 Å². The van der Waals surface area contributed by atoms with Gasteiger partial charge in [-0.25, -0.2) is 0 Å². The number of hydrogen-bond acceptors (Lipinski definition) is 2. The molecule has 1 aromatic heterocycles. The Kier molecular flexibility index (Phi) is 3.25. The SMILES string of the molecule is CC(Cc1ccncc1Cl)C(=O)O. The van der Waals surface area contributed by atoms with Gasteiger partial charge in [0.1, 0.15) is 0 Å². The van der Waals surface area contributed by atoms with Crippen LogP contribution in [0, 0.1) is 5.92 Å². The summed E-state index contributed by atoms with van der Waals surface area (Å²) < 4.78 is 0. The Labute approximate surface area is 81.4 Å². The van der Waals surface area contributed by atoms with Crippen LogP contribution in [0.4, 0.5) is 0 Å². The van der Waals surface area contributed by atoms with Crippen molar-refractivity contribution in [2.24, 2.45) is 5.92 Å². The van der Waals surface area contributed by atoms with Gasteiger partial charge < -0.3 is 5.11 Å². The molecule has 0 aliphatic heterocycles. The molecule has 0 amide bonds. The van der Waals surface area contributed by atoms with Gasteiger partial charge in [-0.05, 0) is 18.1 Å². The predicted octanol–water partition coefficient (Wildman–Crippen LogP) is 2.00. The molecule has 0 saturated carbocycles. The van der Waals surface area contributed by atoms with Crippen LogP contribution in [0.2, 0.25) is 5.02 Å². The molecule has 0 radical (unpaired) electrons. The van der Waals surface area contributed by atoms with Crippen LogP contribution in [0.5, 0.6) is 0 Å². The van der Waals surface area contributed by atoms with Gasteiger partial charge in [0.2, 0.25) is 0 Å². The normalized spacial score (nSPS) is 12.5. The second kappa shape index (κ2) is 4.23. The maximum Gasteiger partial charge on any atom is 0.306 e. The molecule has 0 aliphatic rings. The Bertz CT molecular complexity index is 314. The van der Waals surface area contributed by atoms with Gasteiger partial charge in [-0.15, -0.1) is 0 Å². The molecule has 1 rings (SSSR count). The van der Waals surface area contributed by atoms with E-state index in [0.717, 1.165) is 5.56 Å². The van der Waals surface area contributed by atoms with Crippen molar-refractivity contribution < 1.29 is 9.90 Å². The van der Waals surface area contributed by atoms with Crippen LogP contribution >= 0.6 is 11.6 Å². The van der Waals surface area contributed by atoms with Crippen LogP contribution in [0.15, 0.2) is 18.5 Å². The maximum absolute atomic E-state index is 10.6. The average Bonchev–Trinajstić information content (AvgIpc) is 2.08. The predicted molar refractivity (Wildman–Crippen MR) is 49.8 cm³/mol. The van der Waals surface area contributed by atoms with Gasteiger partial charge in [-0.2, -0.15) is 0 Å². The summed E-state index contributed by atoms with van der Waals surface area (Å²) in [6.45, 7) is 1.65. The summed E-state index contributed by atoms with van der Waals surface area (Å²) in [6, 6.07) is 1.74. The lowest BCUT2D eigenvalue weighted by Gasteiger charge is -2.06. The van der Waals surface area contributed by atoms with E-state index in [0.29, 0.717) is 11.4 Å². The van der Waals surface area contributed by atoms with Crippen LogP contribution in [-0.4, -0.2) is 16.1 Å². The van der Waals surface area contributed by atoms with E-state index < -0.39 is 11.9 Å². The molecule has 3 nitrogen and oxygen atoms in total. The average molecular weight is 200 g/mol. The quantitative estimate of drug-likeness (QED) is 0.810. The third kappa shape index (κ3) is 2.70. The van der Waals surface area contributed by atoms with E-state index in [4.69, 9.17) is 16.7 Å². The first-order valence-electron chi connectivity index (χ1n) is 3.92. The number of rotatable bonds is 3. The Morgan fingerprint density at radius 2 is 2.46 bits per heavy atom. The topological polar surface area (TPSA) is 50.2 Å². The number of aliphatic carboxylic acids is 1. The molecule has 0 bridgehead atoms. The van der Waals surface area contributed by atoms with E-state index in [1.807, 2.05) is 0 Å². The molecule has 70 valence electrons. The summed E-state index contributed by atoms with van der Waals surface area (Å²) in [5.41, 5.74) is 0.826.